The summed E-state index contributed by atoms with van der Waals surface area (Å²) in [5.41, 5.74) is 0.798. The van der Waals surface area contributed by atoms with Gasteiger partial charge < -0.3 is 25.0 Å². The lowest BCUT2D eigenvalue weighted by molar-refractivity contribution is -0.910. The van der Waals surface area contributed by atoms with Gasteiger partial charge in [0.05, 0.1) is 30.9 Å². The number of amides is 4. The molecule has 2 aromatic rings. The molecule has 1 fully saturated rings. The van der Waals surface area contributed by atoms with E-state index in [1.54, 1.807) is 12.3 Å². The van der Waals surface area contributed by atoms with Crippen LogP contribution in [0.1, 0.15) is 49.9 Å². The fraction of sp³-hybridized carbons (Fsp3) is 0.448. The molecule has 3 heterocycles. The van der Waals surface area contributed by atoms with Crippen LogP contribution in [0.3, 0.4) is 0 Å². The van der Waals surface area contributed by atoms with Crippen LogP contribution in [0.5, 0.6) is 0 Å². The molecule has 228 valence electrons. The van der Waals surface area contributed by atoms with E-state index in [9.17, 15) is 28.4 Å². The maximum atomic E-state index is 14.2. The number of hydrogen-bond donors (Lipinski definition) is 3. The third-order valence-corrected chi connectivity index (χ3v) is 7.31. The van der Waals surface area contributed by atoms with Crippen molar-refractivity contribution in [3.8, 4) is 0 Å². The number of halogens is 2. The lowest BCUT2D eigenvalue weighted by Gasteiger charge is -2.36. The minimum Gasteiger partial charge on any atom is -0.466 e. The zero-order valence-electron chi connectivity index (χ0n) is 22.9. The van der Waals surface area contributed by atoms with E-state index in [-0.39, 0.29) is 43.3 Å². The van der Waals surface area contributed by atoms with E-state index in [0.29, 0.717) is 13.0 Å². The van der Waals surface area contributed by atoms with E-state index < -0.39 is 35.7 Å². The number of carbonyl (C=O) groups is 3. The minimum absolute atomic E-state index is 0. The molecule has 0 bridgehead atoms. The predicted octanol–water partition coefficient (Wildman–Crippen LogP) is 3.24. The summed E-state index contributed by atoms with van der Waals surface area (Å²) >= 11 is 0. The Hall–Kier alpha value is -4.10. The van der Waals surface area contributed by atoms with Crippen molar-refractivity contribution in [2.75, 3.05) is 47.0 Å². The first-order chi connectivity index (χ1) is 19.7. The Bertz CT molecular complexity index is 1320. The minimum atomic E-state index is -1.39. The number of carbonyl (C=O) groups excluding carboxylic acids is 3. The molecule has 3 N–H and O–H groups in total. The van der Waals surface area contributed by atoms with Crippen molar-refractivity contribution in [2.45, 2.75) is 38.6 Å². The molecule has 1 aromatic heterocycles. The summed E-state index contributed by atoms with van der Waals surface area (Å²) in [4.78, 5) is 42.2. The van der Waals surface area contributed by atoms with Gasteiger partial charge in [0, 0.05) is 30.5 Å². The molecule has 0 aliphatic carbocycles. The van der Waals surface area contributed by atoms with Crippen LogP contribution in [0.4, 0.5) is 18.4 Å². The predicted molar refractivity (Wildman–Crippen MR) is 147 cm³/mol. The van der Waals surface area contributed by atoms with Crippen molar-refractivity contribution in [3.05, 3.63) is 76.8 Å². The zero-order chi connectivity index (χ0) is 29.5. The van der Waals surface area contributed by atoms with Gasteiger partial charge in [0.2, 0.25) is 11.9 Å². The van der Waals surface area contributed by atoms with Crippen molar-refractivity contribution in [3.63, 3.8) is 0 Å². The molecule has 13 heteroatoms. The molecule has 11 nitrogen and oxygen atoms in total. The molecule has 4 rings (SSSR count). The number of piperidine rings is 1. The molecule has 2 aliphatic heterocycles. The summed E-state index contributed by atoms with van der Waals surface area (Å²) in [6.07, 6.45) is 3.97. The molecule has 1 unspecified atom stereocenters. The van der Waals surface area contributed by atoms with E-state index >= 15 is 0 Å². The second kappa shape index (κ2) is 14.7. The number of rotatable bonds is 9. The summed E-state index contributed by atoms with van der Waals surface area (Å²) in [5.74, 6) is -2.93. The van der Waals surface area contributed by atoms with Gasteiger partial charge >= 0.3 is 18.0 Å². The van der Waals surface area contributed by atoms with Crippen LogP contribution in [0.2, 0.25) is 0 Å². The second-order valence-corrected chi connectivity index (χ2v) is 9.86. The van der Waals surface area contributed by atoms with E-state index in [4.69, 9.17) is 9.47 Å². The van der Waals surface area contributed by atoms with Crippen LogP contribution in [-0.4, -0.2) is 80.0 Å². The topological polar surface area (TPSA) is 124 Å². The van der Waals surface area contributed by atoms with Gasteiger partial charge in [0.25, 0.3) is 0 Å². The Morgan fingerprint density at radius 3 is 2.52 bits per heavy atom. The van der Waals surface area contributed by atoms with Crippen LogP contribution in [0, 0.1) is 11.6 Å². The number of esters is 1. The molecule has 4 amide bonds. The molecule has 1 aromatic carbocycles. The number of urea groups is 2. The zero-order valence-corrected chi connectivity index (χ0v) is 22.9. The highest BCUT2D eigenvalue weighted by Gasteiger charge is 2.43. The van der Waals surface area contributed by atoms with Crippen LogP contribution in [0.25, 0.3) is 0 Å². The van der Waals surface area contributed by atoms with Gasteiger partial charge in [-0.15, -0.1) is 0 Å². The highest BCUT2D eigenvalue weighted by atomic mass is 19.2. The summed E-state index contributed by atoms with van der Waals surface area (Å²) in [7, 11) is 2.49. The molecule has 0 spiro atoms. The van der Waals surface area contributed by atoms with E-state index in [2.05, 4.69) is 15.5 Å². The van der Waals surface area contributed by atoms with Crippen LogP contribution in [-0.2, 0) is 14.3 Å². The van der Waals surface area contributed by atoms with Crippen molar-refractivity contribution in [1.82, 2.24) is 20.4 Å². The third-order valence-electron chi connectivity index (χ3n) is 7.31. The number of benzene rings is 1. The average molecular weight is 591 g/mol. The summed E-state index contributed by atoms with van der Waals surface area (Å²) in [5, 5.41) is 15.3. The van der Waals surface area contributed by atoms with Gasteiger partial charge in [0.1, 0.15) is 6.04 Å². The van der Waals surface area contributed by atoms with E-state index in [0.717, 1.165) is 55.8 Å². The monoisotopic (exact) mass is 590 g/mol. The highest BCUT2D eigenvalue weighted by Crippen LogP contribution is 2.35. The van der Waals surface area contributed by atoms with Gasteiger partial charge in [-0.1, -0.05) is 13.5 Å². The number of nitrogens with zero attached hydrogens (tertiary/aromatic N) is 3. The average Bonchev–Trinajstić information content (AvgIpc) is 2.97. The molecule has 42 heavy (non-hydrogen) atoms. The van der Waals surface area contributed by atoms with Crippen molar-refractivity contribution in [2.24, 2.45) is 0 Å². The first kappa shape index (κ1) is 32.4. The number of hydrogen-bond acceptors (Lipinski definition) is 7. The van der Waals surface area contributed by atoms with Gasteiger partial charge in [-0.2, -0.15) is 0 Å². The molecule has 0 saturated carbocycles. The van der Waals surface area contributed by atoms with Crippen LogP contribution in [0.15, 0.2) is 53.9 Å². The summed E-state index contributed by atoms with van der Waals surface area (Å²) < 4.78 is 39.1. The normalized spacial score (nSPS) is 17.9. The molecule has 0 radical (unpaired) electrons. The fourth-order valence-corrected chi connectivity index (χ4v) is 5.29. The third kappa shape index (κ3) is 7.21. The first-order valence-electron chi connectivity index (χ1n) is 13.3. The molecule has 2 aliphatic rings. The van der Waals surface area contributed by atoms with Crippen molar-refractivity contribution < 1.29 is 42.6 Å². The maximum absolute atomic E-state index is 14.2. The number of methoxy groups -OCH3 is 2. The summed E-state index contributed by atoms with van der Waals surface area (Å²) in [6, 6.07) is 5.42. The lowest BCUT2D eigenvalue weighted by atomic mass is 9.93. The van der Waals surface area contributed by atoms with E-state index in [1.807, 2.05) is 12.1 Å². The molecular formula is C29H38F2N5O6+. The van der Waals surface area contributed by atoms with Gasteiger partial charge in [-0.3, -0.25) is 5.21 Å². The number of aromatic nitrogens is 1. The number of nitrogens with one attached hydrogen (secondary N) is 2. The van der Waals surface area contributed by atoms with Gasteiger partial charge in [-0.25, -0.2) is 28.1 Å². The Kier molecular flexibility index (Phi) is 11.3. The number of likely N-dealkylation sites (tertiary alicyclic amines) is 1. The Balaban J connectivity index is 0.00000484. The van der Waals surface area contributed by atoms with Gasteiger partial charge in [-0.05, 0) is 62.7 Å². The number of imide groups is 1. The fourth-order valence-electron chi connectivity index (χ4n) is 5.29. The first-order valence-corrected chi connectivity index (χ1v) is 13.3. The standard InChI is InChI=1S/C28H33F2N5O6.CH4/c1-40-17-22-24(26(36)41-2)25(19-7-8-20(29)21(30)16-19)35(28(38)32-22)27(37)31-11-5-12-33-14-9-18(10-15-33)23-6-3-4-13-34(23)39;/h3-4,6-8,13,16,18,25H,5,9-12,14-15,17H2,1-2H3,(H2-,31,32,36,37,38,39);1H4/p+1. The Labute approximate surface area is 243 Å². The summed E-state index contributed by atoms with van der Waals surface area (Å²) in [6.45, 7) is 2.40. The quantitative estimate of drug-likeness (QED) is 0.177. The highest BCUT2D eigenvalue weighted by molar-refractivity contribution is 6.01. The maximum Gasteiger partial charge on any atom is 0.338 e. The number of ether oxygens (including phenoxy) is 2. The van der Waals surface area contributed by atoms with Crippen LogP contribution < -0.4 is 15.4 Å². The second-order valence-electron chi connectivity index (χ2n) is 9.86. The number of pyridine rings is 1. The van der Waals surface area contributed by atoms with Crippen LogP contribution >= 0.6 is 0 Å². The van der Waals surface area contributed by atoms with E-state index in [1.165, 1.54) is 17.9 Å². The van der Waals surface area contributed by atoms with Crippen molar-refractivity contribution >= 4 is 18.0 Å². The molecular weight excluding hydrogens is 552 g/mol. The molecule has 1 atom stereocenters. The Morgan fingerprint density at radius 2 is 1.88 bits per heavy atom. The lowest BCUT2D eigenvalue weighted by Crippen LogP contribution is -2.55. The molecule has 1 saturated heterocycles. The smallest absolute Gasteiger partial charge is 0.338 e. The van der Waals surface area contributed by atoms with Gasteiger partial charge in [0.15, 0.2) is 11.6 Å². The Morgan fingerprint density at radius 1 is 1.14 bits per heavy atom. The van der Waals surface area contributed by atoms with Crippen molar-refractivity contribution in [1.29, 1.82) is 0 Å². The largest absolute Gasteiger partial charge is 0.466 e. The SMILES string of the molecule is C.COCC1=C(C(=O)OC)C(c2ccc(F)c(F)c2)N(C(=O)NCCCN2CCC(c3cccc[n+]3O)CC2)C(=O)N1.